The SMILES string of the molecule is CC(=O)O[C@H]1[C@H]2[C@@H]([C@@H](O)[C@@H](NC(=O)c3ccc(C4c5ccc(O)cc5Oc5cc(O)ccc54)c(C(=O)O)c3)[C@H]3C[C@@H]4O[C@@H]4[C@H](OC(C)=O)[C@]23C)[C@@H]2[C@@H](O)[C@@H]3[C@H]([C@H](C)C=C4OC(=O)[C@@](C)(O)[C@@]43C)[C@@]2(C)[C@H]1OC(C)=O. The molecule has 19 atom stereocenters. The molecule has 0 unspecified atom stereocenters. The van der Waals surface area contributed by atoms with E-state index >= 15 is 4.79 Å². The monoisotopic (exact) mass is 1020 g/mol. The molecular formula is C55H59NO18. The third-order valence-corrected chi connectivity index (χ3v) is 19.0. The number of phenolic OH excluding ortho intramolecular Hbond substituents is 2. The second kappa shape index (κ2) is 16.5. The molecule has 5 aliphatic carbocycles. The zero-order valence-electron chi connectivity index (χ0n) is 41.8. The smallest absolute Gasteiger partial charge is 0.343 e. The van der Waals surface area contributed by atoms with E-state index in [2.05, 4.69) is 5.32 Å². The second-order valence-corrected chi connectivity index (χ2v) is 22.6. The lowest BCUT2D eigenvalue weighted by Gasteiger charge is -2.67. The Hall–Kier alpha value is -6.54. The lowest BCUT2D eigenvalue weighted by atomic mass is 9.40. The van der Waals surface area contributed by atoms with Crippen LogP contribution in [0, 0.1) is 57.7 Å². The number of benzene rings is 3. The molecule has 6 fully saturated rings. The molecule has 1 amide bonds. The van der Waals surface area contributed by atoms with Crippen molar-refractivity contribution < 1.29 is 87.8 Å². The van der Waals surface area contributed by atoms with Gasteiger partial charge in [0.15, 0.2) is 5.60 Å². The number of epoxide rings is 1. The summed E-state index contributed by atoms with van der Waals surface area (Å²) in [5.41, 5.74) is -5.71. The number of carbonyl (C=O) groups excluding carboxylic acids is 5. The quantitative estimate of drug-likeness (QED) is 0.0763. The minimum atomic E-state index is -2.17. The molecule has 11 rings (SSSR count). The molecule has 0 bridgehead atoms. The summed E-state index contributed by atoms with van der Waals surface area (Å²) in [5.74, 6) is -12.3. The van der Waals surface area contributed by atoms with Gasteiger partial charge in [0.2, 0.25) is 0 Å². The number of fused-ring (bicyclic) bond motifs is 12. The highest BCUT2D eigenvalue weighted by atomic mass is 16.6. The van der Waals surface area contributed by atoms with E-state index < -0.39 is 154 Å². The Morgan fingerprint density at radius 1 is 0.716 bits per heavy atom. The molecule has 0 radical (unpaired) electrons. The molecule has 3 aromatic carbocycles. The molecule has 0 spiro atoms. The standard InChI is InChI=1S/C55H59NO18/c1-20-15-35-54(7,55(8,68)51(67)74-35)41-38(20)53(6)39(44(41)63)37-40(46(69-21(2)57)48(53)71-23(4)59)52(5)31(19-34-45(73-34)47(52)70-22(3)58)42(43(37)62)56-49(64)24-9-12-27(30(16-24)50(65)66)36-28-13-10-25(60)17-32(28)72-33-18-26(61)11-14-29(33)36/h9-18,20,31,34,36-48,60-63,68H,19H2,1-8H3,(H,56,64)(H,65,66)/t20-,31-,34+,37+,38+,39-,40-,41+,42+,43-,44-,45+,46+,47+,48+,52+,53-,54+,55-/m1/s1. The molecule has 3 heterocycles. The summed E-state index contributed by atoms with van der Waals surface area (Å²) in [5, 5.41) is 73.5. The molecule has 19 heteroatoms. The third-order valence-electron chi connectivity index (χ3n) is 19.0. The van der Waals surface area contributed by atoms with Crippen molar-refractivity contribution in [3.8, 4) is 23.0 Å². The molecule has 392 valence electrons. The summed E-state index contributed by atoms with van der Waals surface area (Å²) < 4.78 is 36.9. The number of aromatic carboxylic acids is 1. The van der Waals surface area contributed by atoms with Gasteiger partial charge in [0.05, 0.1) is 35.3 Å². The zero-order chi connectivity index (χ0) is 53.2. The van der Waals surface area contributed by atoms with Gasteiger partial charge in [0.25, 0.3) is 5.91 Å². The van der Waals surface area contributed by atoms with E-state index in [1.54, 1.807) is 39.0 Å². The van der Waals surface area contributed by atoms with Gasteiger partial charge in [0.1, 0.15) is 53.2 Å². The Kier molecular flexibility index (Phi) is 11.1. The van der Waals surface area contributed by atoms with Crippen molar-refractivity contribution in [1.29, 1.82) is 0 Å². The van der Waals surface area contributed by atoms with Gasteiger partial charge in [-0.15, -0.1) is 0 Å². The highest BCUT2D eigenvalue weighted by Crippen LogP contribution is 2.76. The van der Waals surface area contributed by atoms with Crippen molar-refractivity contribution in [2.45, 2.75) is 122 Å². The van der Waals surface area contributed by atoms with Gasteiger partial charge >= 0.3 is 29.8 Å². The fraction of sp³-hybridized carbons (Fsp3) is 0.527. The van der Waals surface area contributed by atoms with Crippen LogP contribution in [0.1, 0.15) is 105 Å². The number of aromatic hydroxyl groups is 2. The zero-order valence-corrected chi connectivity index (χ0v) is 41.8. The van der Waals surface area contributed by atoms with E-state index in [9.17, 15) is 54.6 Å². The topological polar surface area (TPSA) is 295 Å². The largest absolute Gasteiger partial charge is 0.508 e. The number of aliphatic hydroxyl groups is 3. The predicted molar refractivity (Wildman–Crippen MR) is 253 cm³/mol. The van der Waals surface area contributed by atoms with Gasteiger partial charge in [-0.05, 0) is 79.8 Å². The molecule has 8 aliphatic rings. The van der Waals surface area contributed by atoms with Gasteiger partial charge in [-0.2, -0.15) is 0 Å². The molecule has 0 aromatic heterocycles. The molecule has 3 aliphatic heterocycles. The number of hydrogen-bond donors (Lipinski definition) is 7. The van der Waals surface area contributed by atoms with E-state index in [0.717, 1.165) is 0 Å². The number of allylic oxidation sites excluding steroid dienone is 1. The summed E-state index contributed by atoms with van der Waals surface area (Å²) in [6, 6.07) is 11.7. The van der Waals surface area contributed by atoms with Crippen LogP contribution in [-0.2, 0) is 42.9 Å². The number of amides is 1. The predicted octanol–water partition coefficient (Wildman–Crippen LogP) is 4.47. The van der Waals surface area contributed by atoms with E-state index in [-0.39, 0.29) is 51.9 Å². The van der Waals surface area contributed by atoms with Crippen LogP contribution >= 0.6 is 0 Å². The summed E-state index contributed by atoms with van der Waals surface area (Å²) in [6.45, 7) is 12.0. The molecule has 3 aromatic rings. The fourth-order valence-electron chi connectivity index (χ4n) is 16.1. The molecule has 19 nitrogen and oxygen atoms in total. The van der Waals surface area contributed by atoms with Crippen LogP contribution in [-0.4, -0.2) is 121 Å². The summed E-state index contributed by atoms with van der Waals surface area (Å²) in [4.78, 5) is 82.1. The van der Waals surface area contributed by atoms with Crippen LogP contribution in [0.2, 0.25) is 0 Å². The Morgan fingerprint density at radius 3 is 1.91 bits per heavy atom. The highest BCUT2D eigenvalue weighted by Gasteiger charge is 2.83. The van der Waals surface area contributed by atoms with E-state index in [1.165, 1.54) is 70.2 Å². The first-order chi connectivity index (χ1) is 34.8. The first-order valence-corrected chi connectivity index (χ1v) is 25.0. The molecule has 7 N–H and O–H groups in total. The van der Waals surface area contributed by atoms with E-state index in [0.29, 0.717) is 11.1 Å². The Labute approximate surface area is 424 Å². The van der Waals surface area contributed by atoms with Crippen molar-refractivity contribution in [2.75, 3.05) is 0 Å². The van der Waals surface area contributed by atoms with Gasteiger partial charge in [-0.25, -0.2) is 9.59 Å². The Bertz CT molecular complexity index is 2950. The van der Waals surface area contributed by atoms with Gasteiger partial charge in [-0.3, -0.25) is 19.2 Å². The number of carboxylic acid groups (broad SMARTS) is 1. The van der Waals surface area contributed by atoms with Crippen LogP contribution in [0.3, 0.4) is 0 Å². The number of nitrogens with one attached hydrogen (secondary N) is 1. The number of ether oxygens (including phenoxy) is 6. The summed E-state index contributed by atoms with van der Waals surface area (Å²) in [7, 11) is 0. The summed E-state index contributed by atoms with van der Waals surface area (Å²) >= 11 is 0. The maximum absolute atomic E-state index is 15.1. The molecular weight excluding hydrogens is 963 g/mol. The number of aliphatic hydroxyl groups excluding tert-OH is 2. The lowest BCUT2D eigenvalue weighted by Crippen LogP contribution is -2.77. The van der Waals surface area contributed by atoms with Crippen LogP contribution in [0.25, 0.3) is 0 Å². The maximum Gasteiger partial charge on any atom is 0.343 e. The third kappa shape index (κ3) is 6.70. The molecule has 2 saturated heterocycles. The van der Waals surface area contributed by atoms with Crippen LogP contribution in [0.15, 0.2) is 66.4 Å². The Balaban J connectivity index is 1.06. The average molecular weight is 1020 g/mol. The number of carboxylic acids is 1. The van der Waals surface area contributed by atoms with Gasteiger partial charge in [-0.1, -0.05) is 39.0 Å². The number of carbonyl (C=O) groups is 6. The van der Waals surface area contributed by atoms with E-state index in [4.69, 9.17) is 28.4 Å². The van der Waals surface area contributed by atoms with E-state index in [1.807, 2.05) is 6.92 Å². The summed E-state index contributed by atoms with van der Waals surface area (Å²) in [6.07, 6.45) is -6.24. The van der Waals surface area contributed by atoms with Crippen molar-refractivity contribution in [3.05, 3.63) is 94.2 Å². The van der Waals surface area contributed by atoms with Crippen molar-refractivity contribution in [2.24, 2.45) is 57.7 Å². The van der Waals surface area contributed by atoms with Crippen LogP contribution < -0.4 is 10.1 Å². The maximum atomic E-state index is 15.1. The van der Waals surface area contributed by atoms with Gasteiger partial charge < -0.3 is 64.4 Å². The number of rotatable bonds is 7. The van der Waals surface area contributed by atoms with Gasteiger partial charge in [0, 0.05) is 84.1 Å². The van der Waals surface area contributed by atoms with Crippen LogP contribution in [0.4, 0.5) is 0 Å². The van der Waals surface area contributed by atoms with Crippen molar-refractivity contribution in [1.82, 2.24) is 5.32 Å². The first-order valence-electron chi connectivity index (χ1n) is 25.0. The number of esters is 4. The fourth-order valence-corrected chi connectivity index (χ4v) is 16.1. The first kappa shape index (κ1) is 49.7. The molecule has 4 saturated carbocycles. The Morgan fingerprint density at radius 2 is 1.31 bits per heavy atom. The van der Waals surface area contributed by atoms with Crippen LogP contribution in [0.5, 0.6) is 23.0 Å². The second-order valence-electron chi connectivity index (χ2n) is 22.6. The van der Waals surface area contributed by atoms with Crippen molar-refractivity contribution >= 4 is 35.8 Å². The lowest BCUT2D eigenvalue weighted by molar-refractivity contribution is -0.285. The average Bonchev–Trinajstić information content (AvgIpc) is 4.01. The highest BCUT2D eigenvalue weighted by molar-refractivity contribution is 5.99. The van der Waals surface area contributed by atoms with Crippen molar-refractivity contribution in [3.63, 3.8) is 0 Å². The number of hydrogen-bond acceptors (Lipinski definition) is 17. The minimum absolute atomic E-state index is 0.111. The molecule has 74 heavy (non-hydrogen) atoms. The number of phenols is 2. The normalized spacial score (nSPS) is 40.8. The minimum Gasteiger partial charge on any atom is -0.508 e.